The van der Waals surface area contributed by atoms with E-state index in [9.17, 15) is 20.0 Å². The van der Waals surface area contributed by atoms with Gasteiger partial charge in [-0.15, -0.1) is 0 Å². The molecule has 20 heavy (non-hydrogen) atoms. The summed E-state index contributed by atoms with van der Waals surface area (Å²) >= 11 is 0. The first-order valence-corrected chi connectivity index (χ1v) is 5.78. The maximum atomic E-state index is 11.3. The van der Waals surface area contributed by atoms with Gasteiger partial charge in [-0.05, 0) is 12.5 Å². The third-order valence-electron chi connectivity index (χ3n) is 2.63. The molecule has 110 valence electrons. The number of carboxylic acid groups (broad SMARTS) is 1. The summed E-state index contributed by atoms with van der Waals surface area (Å²) in [6, 6.07) is 5.13. The van der Waals surface area contributed by atoms with Crippen molar-refractivity contribution in [1.82, 2.24) is 0 Å². The fourth-order valence-corrected chi connectivity index (χ4v) is 1.60. The molecule has 8 nitrogen and oxygen atoms in total. The third kappa shape index (κ3) is 3.65. The number of methoxy groups -OCH3 is 1. The van der Waals surface area contributed by atoms with E-state index in [1.54, 1.807) is 0 Å². The molecule has 0 spiro atoms. The molecule has 1 unspecified atom stereocenters. The average Bonchev–Trinajstić information content (AvgIpc) is 2.43. The molecule has 0 aromatic heterocycles. The van der Waals surface area contributed by atoms with Gasteiger partial charge in [-0.2, -0.15) is 0 Å². The molecule has 8 heteroatoms. The van der Waals surface area contributed by atoms with Crippen LogP contribution in [-0.2, 0) is 9.53 Å². The van der Waals surface area contributed by atoms with E-state index in [4.69, 9.17) is 14.6 Å². The number of nitrogens with zero attached hydrogens (tertiary/aromatic N) is 1. The van der Waals surface area contributed by atoms with E-state index in [1.165, 1.54) is 18.2 Å². The number of carboxylic acids is 1. The topological polar surface area (TPSA) is 119 Å². The highest BCUT2D eigenvalue weighted by atomic mass is 16.7. The molecule has 1 aromatic rings. The fourth-order valence-electron chi connectivity index (χ4n) is 1.60. The summed E-state index contributed by atoms with van der Waals surface area (Å²) in [5, 5.41) is 28.7. The number of nitro groups is 1. The smallest absolute Gasteiger partial charge is 0.377 e. The lowest BCUT2D eigenvalue weighted by Gasteiger charge is -2.28. The first kappa shape index (κ1) is 15.9. The number of ether oxygens (including phenoxy) is 2. The van der Waals surface area contributed by atoms with Crippen molar-refractivity contribution in [3.8, 4) is 5.75 Å². The first-order valence-electron chi connectivity index (χ1n) is 5.78. The Bertz CT molecular complexity index is 490. The number of carbonyl (C=O) groups is 1. The maximum absolute atomic E-state index is 11.3. The van der Waals surface area contributed by atoms with E-state index in [-0.39, 0.29) is 30.9 Å². The zero-order valence-corrected chi connectivity index (χ0v) is 10.8. The van der Waals surface area contributed by atoms with Gasteiger partial charge in [0.05, 0.1) is 11.0 Å². The molecule has 0 saturated heterocycles. The summed E-state index contributed by atoms with van der Waals surface area (Å²) in [5.74, 6) is -3.36. The van der Waals surface area contributed by atoms with Crippen molar-refractivity contribution in [1.29, 1.82) is 0 Å². The molecular weight excluding hydrogens is 270 g/mol. The predicted molar refractivity (Wildman–Crippen MR) is 67.4 cm³/mol. The van der Waals surface area contributed by atoms with Gasteiger partial charge in [-0.25, -0.2) is 4.79 Å². The second-order valence-corrected chi connectivity index (χ2v) is 3.95. The van der Waals surface area contributed by atoms with Crippen LogP contribution >= 0.6 is 0 Å². The van der Waals surface area contributed by atoms with E-state index >= 15 is 0 Å². The zero-order valence-electron chi connectivity index (χ0n) is 10.8. The van der Waals surface area contributed by atoms with Crippen LogP contribution in [-0.4, -0.2) is 40.6 Å². The lowest BCUT2D eigenvalue weighted by Crippen LogP contribution is -2.46. The summed E-state index contributed by atoms with van der Waals surface area (Å²) in [6.07, 6.45) is 0.0487. The van der Waals surface area contributed by atoms with E-state index < -0.39 is 16.7 Å². The van der Waals surface area contributed by atoms with Crippen molar-refractivity contribution in [3.63, 3.8) is 0 Å². The summed E-state index contributed by atoms with van der Waals surface area (Å²) in [6.45, 7) is -0.226. The van der Waals surface area contributed by atoms with Gasteiger partial charge in [-0.1, -0.05) is 6.07 Å². The Labute approximate surface area is 114 Å². The van der Waals surface area contributed by atoms with Crippen LogP contribution in [0.4, 0.5) is 5.69 Å². The molecule has 1 aromatic carbocycles. The van der Waals surface area contributed by atoms with Gasteiger partial charge in [0, 0.05) is 26.2 Å². The molecular formula is C12H15NO7. The van der Waals surface area contributed by atoms with E-state index in [0.717, 1.165) is 13.2 Å². The molecule has 1 rings (SSSR count). The Kier molecular flexibility index (Phi) is 5.42. The highest BCUT2D eigenvalue weighted by molar-refractivity contribution is 5.76. The van der Waals surface area contributed by atoms with E-state index in [0.29, 0.717) is 0 Å². The molecule has 0 amide bonds. The third-order valence-corrected chi connectivity index (χ3v) is 2.63. The normalized spacial score (nSPS) is 13.5. The summed E-state index contributed by atoms with van der Waals surface area (Å²) in [4.78, 5) is 21.4. The number of rotatable bonds is 8. The Morgan fingerprint density at radius 1 is 1.50 bits per heavy atom. The van der Waals surface area contributed by atoms with Gasteiger partial charge >= 0.3 is 11.8 Å². The molecule has 0 radical (unpaired) electrons. The molecule has 0 heterocycles. The quantitative estimate of drug-likeness (QED) is 0.418. The van der Waals surface area contributed by atoms with Gasteiger partial charge in [0.15, 0.2) is 0 Å². The first-order chi connectivity index (χ1) is 9.45. The van der Waals surface area contributed by atoms with Crippen molar-refractivity contribution in [2.45, 2.75) is 18.6 Å². The largest absolute Gasteiger partial charge is 0.476 e. The van der Waals surface area contributed by atoms with Crippen LogP contribution in [0.1, 0.15) is 12.8 Å². The monoisotopic (exact) mass is 285 g/mol. The zero-order chi connectivity index (χ0) is 15.2. The Hall–Kier alpha value is -2.19. The number of hydrogen-bond acceptors (Lipinski definition) is 6. The fraction of sp³-hybridized carbons (Fsp3) is 0.417. The van der Waals surface area contributed by atoms with Crippen LogP contribution in [0, 0.1) is 10.1 Å². The summed E-state index contributed by atoms with van der Waals surface area (Å²) in [7, 11) is 1.16. The Balaban J connectivity index is 3.02. The van der Waals surface area contributed by atoms with Gasteiger partial charge < -0.3 is 19.7 Å². The standard InChI is InChI=1S/C12H15NO7/c1-19-12(11(15)16,6-3-7-14)20-10-5-2-4-9(8-10)13(17)18/h2,4-5,8,14H,3,6-7H2,1H3,(H,15,16). The van der Waals surface area contributed by atoms with Gasteiger partial charge in [0.1, 0.15) is 5.75 Å². The highest BCUT2D eigenvalue weighted by Gasteiger charge is 2.41. The molecule has 0 aliphatic carbocycles. The molecule has 2 N–H and O–H groups in total. The molecule has 0 bridgehead atoms. The maximum Gasteiger partial charge on any atom is 0.377 e. The van der Waals surface area contributed by atoms with E-state index in [1.807, 2.05) is 0 Å². The minimum absolute atomic E-state index is 0.00129. The Morgan fingerprint density at radius 2 is 2.20 bits per heavy atom. The molecule has 1 atom stereocenters. The number of non-ortho nitro benzene ring substituents is 1. The molecule has 0 aliphatic heterocycles. The van der Waals surface area contributed by atoms with Crippen molar-refractivity contribution in [2.75, 3.05) is 13.7 Å². The SMILES string of the molecule is COC(CCCO)(Oc1cccc([N+](=O)[O-])c1)C(=O)O. The van der Waals surface area contributed by atoms with Crippen molar-refractivity contribution >= 4 is 11.7 Å². The van der Waals surface area contributed by atoms with Gasteiger partial charge in [-0.3, -0.25) is 10.1 Å². The molecule has 0 saturated carbocycles. The van der Waals surface area contributed by atoms with Crippen molar-refractivity contribution in [3.05, 3.63) is 34.4 Å². The predicted octanol–water partition coefficient (Wildman–Crippen LogP) is 1.17. The van der Waals surface area contributed by atoms with Crippen LogP contribution in [0.3, 0.4) is 0 Å². The van der Waals surface area contributed by atoms with Gasteiger partial charge in [0.25, 0.3) is 5.69 Å². The Morgan fingerprint density at radius 3 is 2.70 bits per heavy atom. The number of hydrogen-bond donors (Lipinski definition) is 2. The number of aliphatic hydroxyl groups is 1. The summed E-state index contributed by atoms with van der Waals surface area (Å²) in [5.41, 5.74) is -0.222. The number of aliphatic hydroxyl groups excluding tert-OH is 1. The number of aliphatic carboxylic acids is 1. The molecule has 0 aliphatic rings. The van der Waals surface area contributed by atoms with E-state index in [2.05, 4.69) is 0 Å². The second kappa shape index (κ2) is 6.83. The van der Waals surface area contributed by atoms with Crippen molar-refractivity contribution in [2.24, 2.45) is 0 Å². The van der Waals surface area contributed by atoms with Crippen LogP contribution < -0.4 is 4.74 Å². The summed E-state index contributed by atoms with van der Waals surface area (Å²) < 4.78 is 10.2. The minimum Gasteiger partial charge on any atom is -0.476 e. The lowest BCUT2D eigenvalue weighted by atomic mass is 10.1. The highest BCUT2D eigenvalue weighted by Crippen LogP contribution is 2.27. The van der Waals surface area contributed by atoms with Crippen LogP contribution in [0.5, 0.6) is 5.75 Å². The second-order valence-electron chi connectivity index (χ2n) is 3.95. The number of nitro benzene ring substituents is 1. The number of benzene rings is 1. The molecule has 0 fully saturated rings. The van der Waals surface area contributed by atoms with Crippen LogP contribution in [0.2, 0.25) is 0 Å². The van der Waals surface area contributed by atoms with Crippen LogP contribution in [0.25, 0.3) is 0 Å². The van der Waals surface area contributed by atoms with Crippen LogP contribution in [0.15, 0.2) is 24.3 Å². The average molecular weight is 285 g/mol. The van der Waals surface area contributed by atoms with Gasteiger partial charge in [0.2, 0.25) is 0 Å². The minimum atomic E-state index is -1.99. The lowest BCUT2D eigenvalue weighted by molar-refractivity contribution is -0.385. The van der Waals surface area contributed by atoms with Crippen molar-refractivity contribution < 1.29 is 29.4 Å².